The summed E-state index contributed by atoms with van der Waals surface area (Å²) in [6.07, 6.45) is 1.59. The van der Waals surface area contributed by atoms with Crippen LogP contribution in [-0.4, -0.2) is 30.2 Å². The molecule has 0 radical (unpaired) electrons. The van der Waals surface area contributed by atoms with E-state index in [-0.39, 0.29) is 11.1 Å². The summed E-state index contributed by atoms with van der Waals surface area (Å²) < 4.78 is 7.17. The van der Waals surface area contributed by atoms with Crippen LogP contribution in [0.25, 0.3) is 21.5 Å². The highest BCUT2D eigenvalue weighted by molar-refractivity contribution is 7.98. The Morgan fingerprint density at radius 1 is 1.38 bits per heavy atom. The number of tetrazole rings is 1. The molecule has 0 amide bonds. The molecular weight excluding hydrogens is 372 g/mol. The van der Waals surface area contributed by atoms with E-state index in [0.29, 0.717) is 32.7 Å². The molecular formula is C16H16N6O2S2. The maximum absolute atomic E-state index is 12.6. The molecule has 26 heavy (non-hydrogen) atoms. The quantitative estimate of drug-likeness (QED) is 0.535. The van der Waals surface area contributed by atoms with Crippen LogP contribution in [0.1, 0.15) is 26.6 Å². The summed E-state index contributed by atoms with van der Waals surface area (Å²) in [6.45, 7) is 6.09. The number of hydrogen-bond acceptors (Lipinski definition) is 8. The third-order valence-electron chi connectivity index (χ3n) is 3.69. The minimum absolute atomic E-state index is 0.173. The molecule has 0 aliphatic rings. The van der Waals surface area contributed by atoms with Gasteiger partial charge >= 0.3 is 0 Å². The first-order valence-electron chi connectivity index (χ1n) is 7.89. The Hall–Kier alpha value is -2.46. The van der Waals surface area contributed by atoms with Gasteiger partial charge in [-0.3, -0.25) is 4.79 Å². The van der Waals surface area contributed by atoms with Crippen molar-refractivity contribution in [3.63, 3.8) is 0 Å². The Kier molecular flexibility index (Phi) is 4.16. The molecule has 0 unspecified atom stereocenters. The monoisotopic (exact) mass is 388 g/mol. The van der Waals surface area contributed by atoms with E-state index >= 15 is 0 Å². The lowest BCUT2D eigenvalue weighted by Crippen LogP contribution is -2.24. The Labute approximate surface area is 156 Å². The van der Waals surface area contributed by atoms with Crippen LogP contribution in [0.4, 0.5) is 0 Å². The maximum Gasteiger partial charge on any atom is 0.260 e. The molecule has 0 aliphatic heterocycles. The summed E-state index contributed by atoms with van der Waals surface area (Å²) in [7, 11) is 0. The van der Waals surface area contributed by atoms with Gasteiger partial charge in [-0.25, -0.2) is 9.67 Å². The first-order valence-corrected chi connectivity index (χ1v) is 9.76. The topological polar surface area (TPSA) is 102 Å². The average molecular weight is 388 g/mol. The van der Waals surface area contributed by atoms with E-state index in [1.807, 2.05) is 32.2 Å². The smallest absolute Gasteiger partial charge is 0.260 e. The van der Waals surface area contributed by atoms with Gasteiger partial charge < -0.3 is 9.40 Å². The van der Waals surface area contributed by atoms with Gasteiger partial charge in [0.25, 0.3) is 5.56 Å². The number of thiophene rings is 1. The van der Waals surface area contributed by atoms with E-state index in [2.05, 4.69) is 25.5 Å². The lowest BCUT2D eigenvalue weighted by molar-refractivity contribution is 0.321. The Morgan fingerprint density at radius 3 is 2.96 bits per heavy atom. The van der Waals surface area contributed by atoms with Crippen LogP contribution in [0.5, 0.6) is 0 Å². The fourth-order valence-corrected chi connectivity index (χ4v) is 4.37. The summed E-state index contributed by atoms with van der Waals surface area (Å²) in [5.74, 6) is 1.72. The highest BCUT2D eigenvalue weighted by Crippen LogP contribution is 2.31. The molecule has 1 N–H and O–H groups in total. The second kappa shape index (κ2) is 6.36. The van der Waals surface area contributed by atoms with Gasteiger partial charge in [0.05, 0.1) is 22.9 Å². The van der Waals surface area contributed by atoms with Gasteiger partial charge in [-0.2, -0.15) is 0 Å². The number of fused-ring (bicyclic) bond motifs is 1. The van der Waals surface area contributed by atoms with Gasteiger partial charge in [0.1, 0.15) is 16.4 Å². The van der Waals surface area contributed by atoms with Gasteiger partial charge in [0, 0.05) is 10.9 Å². The molecule has 4 heterocycles. The van der Waals surface area contributed by atoms with Crippen molar-refractivity contribution in [3.8, 4) is 11.3 Å². The molecule has 8 nitrogen and oxygen atoms in total. The molecule has 0 fully saturated rings. The predicted molar refractivity (Wildman–Crippen MR) is 100 cm³/mol. The van der Waals surface area contributed by atoms with Gasteiger partial charge in [-0.05, 0) is 43.3 Å². The molecule has 0 aliphatic carbocycles. The van der Waals surface area contributed by atoms with Crippen molar-refractivity contribution in [2.24, 2.45) is 0 Å². The minimum atomic E-state index is -0.220. The molecule has 4 aromatic rings. The molecule has 0 spiro atoms. The lowest BCUT2D eigenvalue weighted by atomic mass is 10.1. The van der Waals surface area contributed by atoms with Crippen molar-refractivity contribution in [2.45, 2.75) is 37.2 Å². The van der Waals surface area contributed by atoms with Crippen LogP contribution in [0.3, 0.4) is 0 Å². The van der Waals surface area contributed by atoms with E-state index in [1.54, 1.807) is 17.0 Å². The van der Waals surface area contributed by atoms with Crippen LogP contribution in [0.2, 0.25) is 0 Å². The number of nitrogens with one attached hydrogen (secondary N) is 1. The first kappa shape index (κ1) is 17.0. The standard InChI is InChI=1S/C16H16N6O2S2/c1-16(2,3)22-15(19-20-21-22)26-8-11-17-13(23)12-9(7-25-14(12)18-11)10-5-4-6-24-10/h4-7H,8H2,1-3H3,(H,17,18,23). The number of furan rings is 1. The normalized spacial score (nSPS) is 12.1. The summed E-state index contributed by atoms with van der Waals surface area (Å²) >= 11 is 2.86. The number of thioether (sulfide) groups is 1. The number of aromatic amines is 1. The van der Waals surface area contributed by atoms with E-state index in [1.165, 1.54) is 23.1 Å². The SMILES string of the molecule is CC(C)(C)n1nnnc1SCc1nc2scc(-c3ccco3)c2c(=O)[nH]1. The van der Waals surface area contributed by atoms with E-state index in [4.69, 9.17) is 4.42 Å². The molecule has 0 saturated carbocycles. The fraction of sp³-hybridized carbons (Fsp3) is 0.312. The average Bonchev–Trinajstić information content (AvgIpc) is 3.31. The Balaban J connectivity index is 1.63. The lowest BCUT2D eigenvalue weighted by Gasteiger charge is -2.19. The summed E-state index contributed by atoms with van der Waals surface area (Å²) in [6, 6.07) is 3.63. The third-order valence-corrected chi connectivity index (χ3v) is 5.50. The summed E-state index contributed by atoms with van der Waals surface area (Å²) in [5, 5.41) is 15.0. The second-order valence-electron chi connectivity index (χ2n) is 6.65. The molecule has 0 saturated heterocycles. The third kappa shape index (κ3) is 3.06. The zero-order valence-electron chi connectivity index (χ0n) is 14.4. The van der Waals surface area contributed by atoms with E-state index in [9.17, 15) is 4.79 Å². The van der Waals surface area contributed by atoms with Crippen LogP contribution in [0, 0.1) is 0 Å². The minimum Gasteiger partial charge on any atom is -0.464 e. The number of H-pyrrole nitrogens is 1. The Morgan fingerprint density at radius 2 is 2.23 bits per heavy atom. The van der Waals surface area contributed by atoms with Gasteiger partial charge in [-0.15, -0.1) is 16.4 Å². The highest BCUT2D eigenvalue weighted by atomic mass is 32.2. The van der Waals surface area contributed by atoms with Crippen molar-refractivity contribution in [1.82, 2.24) is 30.2 Å². The number of nitrogens with zero attached hydrogens (tertiary/aromatic N) is 5. The molecule has 4 aromatic heterocycles. The van der Waals surface area contributed by atoms with Crippen LogP contribution >= 0.6 is 23.1 Å². The summed E-state index contributed by atoms with van der Waals surface area (Å²) in [5.41, 5.74) is 0.371. The zero-order valence-corrected chi connectivity index (χ0v) is 16.0. The molecule has 0 atom stereocenters. The molecule has 0 bridgehead atoms. The van der Waals surface area contributed by atoms with Crippen molar-refractivity contribution in [1.29, 1.82) is 0 Å². The van der Waals surface area contributed by atoms with Crippen molar-refractivity contribution < 1.29 is 4.42 Å². The largest absolute Gasteiger partial charge is 0.464 e. The molecule has 0 aromatic carbocycles. The van der Waals surface area contributed by atoms with Crippen LogP contribution in [-0.2, 0) is 11.3 Å². The molecule has 4 rings (SSSR count). The van der Waals surface area contributed by atoms with Crippen LogP contribution in [0.15, 0.2) is 38.1 Å². The van der Waals surface area contributed by atoms with Crippen molar-refractivity contribution in [2.75, 3.05) is 0 Å². The van der Waals surface area contributed by atoms with E-state index in [0.717, 1.165) is 5.56 Å². The first-order chi connectivity index (χ1) is 12.4. The second-order valence-corrected chi connectivity index (χ2v) is 8.45. The van der Waals surface area contributed by atoms with Gasteiger partial charge in [0.15, 0.2) is 0 Å². The van der Waals surface area contributed by atoms with Crippen molar-refractivity contribution in [3.05, 3.63) is 40.0 Å². The van der Waals surface area contributed by atoms with Gasteiger partial charge in [0.2, 0.25) is 5.16 Å². The highest BCUT2D eigenvalue weighted by Gasteiger charge is 2.20. The summed E-state index contributed by atoms with van der Waals surface area (Å²) in [4.78, 5) is 20.7. The molecule has 10 heteroatoms. The van der Waals surface area contributed by atoms with E-state index < -0.39 is 0 Å². The van der Waals surface area contributed by atoms with Crippen LogP contribution < -0.4 is 5.56 Å². The number of hydrogen-bond donors (Lipinski definition) is 1. The van der Waals surface area contributed by atoms with Crippen molar-refractivity contribution >= 4 is 33.3 Å². The number of aromatic nitrogens is 6. The fourth-order valence-electron chi connectivity index (χ4n) is 2.50. The Bertz CT molecular complexity index is 1100. The molecule has 134 valence electrons. The zero-order chi connectivity index (χ0) is 18.3. The maximum atomic E-state index is 12.6. The predicted octanol–water partition coefficient (Wildman–Crippen LogP) is 3.28. The number of rotatable bonds is 4. The van der Waals surface area contributed by atoms with Gasteiger partial charge in [-0.1, -0.05) is 11.8 Å².